The van der Waals surface area contributed by atoms with E-state index in [1.807, 2.05) is 6.07 Å². The molecule has 0 saturated heterocycles. The number of hydrogen-bond acceptors (Lipinski definition) is 2. The lowest BCUT2D eigenvalue weighted by atomic mass is 9.98. The third kappa shape index (κ3) is 3.59. The quantitative estimate of drug-likeness (QED) is 0.568. The zero-order chi connectivity index (χ0) is 10.2. The van der Waals surface area contributed by atoms with Crippen LogP contribution >= 0.6 is 0 Å². The van der Waals surface area contributed by atoms with Gasteiger partial charge in [0.05, 0.1) is 12.6 Å². The summed E-state index contributed by atoms with van der Waals surface area (Å²) in [6.45, 7) is 3.56. The first-order chi connectivity index (χ1) is 6.84. The van der Waals surface area contributed by atoms with Crippen molar-refractivity contribution in [2.75, 3.05) is 13.1 Å². The summed E-state index contributed by atoms with van der Waals surface area (Å²) in [6, 6.07) is 12.5. The van der Waals surface area contributed by atoms with Crippen molar-refractivity contribution in [1.82, 2.24) is 5.32 Å². The zero-order valence-electron chi connectivity index (χ0n) is 8.53. The van der Waals surface area contributed by atoms with Gasteiger partial charge in [0.2, 0.25) is 0 Å². The number of rotatable bonds is 5. The molecule has 2 heteroatoms. The third-order valence-electron chi connectivity index (χ3n) is 2.33. The van der Waals surface area contributed by atoms with E-state index < -0.39 is 0 Å². The molecule has 0 amide bonds. The molecule has 0 heterocycles. The number of nitrogens with one attached hydrogen (secondary N) is 1. The highest BCUT2D eigenvalue weighted by Gasteiger charge is 2.03. The van der Waals surface area contributed by atoms with Gasteiger partial charge in [-0.3, -0.25) is 0 Å². The van der Waals surface area contributed by atoms with Crippen molar-refractivity contribution in [2.24, 2.45) is 0 Å². The lowest BCUT2D eigenvalue weighted by Crippen LogP contribution is -2.16. The van der Waals surface area contributed by atoms with Crippen molar-refractivity contribution in [2.45, 2.75) is 19.3 Å². The lowest BCUT2D eigenvalue weighted by Gasteiger charge is -2.11. The minimum Gasteiger partial charge on any atom is -0.304 e. The number of hydrogen-bond donors (Lipinski definition) is 1. The predicted molar refractivity (Wildman–Crippen MR) is 58.0 cm³/mol. The van der Waals surface area contributed by atoms with E-state index >= 15 is 0 Å². The highest BCUT2D eigenvalue weighted by atomic mass is 14.8. The fourth-order valence-electron chi connectivity index (χ4n) is 1.41. The second-order valence-corrected chi connectivity index (χ2v) is 3.44. The second kappa shape index (κ2) is 6.17. The van der Waals surface area contributed by atoms with E-state index in [1.54, 1.807) is 0 Å². The van der Waals surface area contributed by atoms with Crippen molar-refractivity contribution < 1.29 is 0 Å². The molecule has 0 aliphatic heterocycles. The molecule has 0 radical (unpaired) electrons. The van der Waals surface area contributed by atoms with Crippen LogP contribution in [0.1, 0.15) is 24.8 Å². The molecule has 1 N–H and O–H groups in total. The molecule has 0 bridgehead atoms. The Morgan fingerprint density at radius 3 is 2.71 bits per heavy atom. The highest BCUT2D eigenvalue weighted by molar-refractivity contribution is 5.18. The fourth-order valence-corrected chi connectivity index (χ4v) is 1.41. The summed E-state index contributed by atoms with van der Waals surface area (Å²) in [5, 5.41) is 11.4. The van der Waals surface area contributed by atoms with E-state index in [2.05, 4.69) is 42.6 Å². The molecule has 74 valence electrons. The Labute approximate surface area is 85.6 Å². The highest BCUT2D eigenvalue weighted by Crippen LogP contribution is 2.17. The summed E-state index contributed by atoms with van der Waals surface area (Å²) in [5.74, 6) is 0.558. The van der Waals surface area contributed by atoms with Gasteiger partial charge in [-0.25, -0.2) is 0 Å². The van der Waals surface area contributed by atoms with Gasteiger partial charge in [-0.1, -0.05) is 37.3 Å². The largest absolute Gasteiger partial charge is 0.304 e. The van der Waals surface area contributed by atoms with Crippen molar-refractivity contribution in [1.29, 1.82) is 5.26 Å². The molecule has 0 aliphatic rings. The Kier molecular flexibility index (Phi) is 4.74. The summed E-state index contributed by atoms with van der Waals surface area (Å²) in [7, 11) is 0. The molecule has 0 fully saturated rings. The molecule has 1 aromatic rings. The van der Waals surface area contributed by atoms with Crippen molar-refractivity contribution in [3.8, 4) is 6.07 Å². The molecule has 1 unspecified atom stereocenters. The molecule has 0 aromatic heterocycles. The molecule has 2 nitrogen and oxygen atoms in total. The third-order valence-corrected chi connectivity index (χ3v) is 2.33. The van der Waals surface area contributed by atoms with Crippen LogP contribution in [-0.2, 0) is 0 Å². The molecule has 1 aromatic carbocycles. The first kappa shape index (κ1) is 10.7. The lowest BCUT2D eigenvalue weighted by molar-refractivity contribution is 0.621. The number of benzene rings is 1. The van der Waals surface area contributed by atoms with Crippen LogP contribution in [0.15, 0.2) is 30.3 Å². The first-order valence-electron chi connectivity index (χ1n) is 4.97. The summed E-state index contributed by atoms with van der Waals surface area (Å²) < 4.78 is 0. The van der Waals surface area contributed by atoms with E-state index in [4.69, 9.17) is 5.26 Å². The van der Waals surface area contributed by atoms with Crippen LogP contribution < -0.4 is 5.32 Å². The summed E-state index contributed by atoms with van der Waals surface area (Å²) in [4.78, 5) is 0. The van der Waals surface area contributed by atoms with Crippen molar-refractivity contribution in [3.63, 3.8) is 0 Å². The number of nitriles is 1. The van der Waals surface area contributed by atoms with Crippen molar-refractivity contribution >= 4 is 0 Å². The maximum Gasteiger partial charge on any atom is 0.0840 e. The van der Waals surface area contributed by atoms with Crippen LogP contribution in [0.4, 0.5) is 0 Å². The normalized spacial score (nSPS) is 12.0. The molecule has 0 aliphatic carbocycles. The second-order valence-electron chi connectivity index (χ2n) is 3.44. The van der Waals surface area contributed by atoms with E-state index in [-0.39, 0.29) is 0 Å². The van der Waals surface area contributed by atoms with Crippen LogP contribution in [0.3, 0.4) is 0 Å². The van der Waals surface area contributed by atoms with Crippen LogP contribution in [0.2, 0.25) is 0 Å². The Bertz CT molecular complexity index is 287. The van der Waals surface area contributed by atoms with Crippen LogP contribution in [0.5, 0.6) is 0 Å². The van der Waals surface area contributed by atoms with Crippen LogP contribution in [-0.4, -0.2) is 13.1 Å². The van der Waals surface area contributed by atoms with Gasteiger partial charge in [-0.15, -0.1) is 0 Å². The number of nitrogens with zero attached hydrogens (tertiary/aromatic N) is 1. The average Bonchev–Trinajstić information content (AvgIpc) is 2.25. The van der Waals surface area contributed by atoms with Gasteiger partial charge in [0.15, 0.2) is 0 Å². The van der Waals surface area contributed by atoms with Gasteiger partial charge in [0, 0.05) is 0 Å². The summed E-state index contributed by atoms with van der Waals surface area (Å²) in [5.41, 5.74) is 1.37. The molecule has 0 saturated carbocycles. The summed E-state index contributed by atoms with van der Waals surface area (Å²) in [6.07, 6.45) is 1.08. The average molecular weight is 188 g/mol. The fraction of sp³-hybridized carbons (Fsp3) is 0.417. The molecular formula is C12H16N2. The van der Waals surface area contributed by atoms with Gasteiger partial charge in [0.25, 0.3) is 0 Å². The maximum atomic E-state index is 8.34. The monoisotopic (exact) mass is 188 g/mol. The predicted octanol–water partition coefficient (Wildman–Crippen LogP) is 2.29. The van der Waals surface area contributed by atoms with E-state index in [1.165, 1.54) is 5.56 Å². The molecule has 0 spiro atoms. The van der Waals surface area contributed by atoms with Gasteiger partial charge in [-0.2, -0.15) is 5.26 Å². The topological polar surface area (TPSA) is 35.8 Å². The van der Waals surface area contributed by atoms with E-state index in [0.29, 0.717) is 12.5 Å². The van der Waals surface area contributed by atoms with Crippen LogP contribution in [0.25, 0.3) is 0 Å². The Morgan fingerprint density at radius 1 is 1.36 bits per heavy atom. The Hall–Kier alpha value is -1.33. The Balaban J connectivity index is 2.29. The molecule has 1 rings (SSSR count). The molecular weight excluding hydrogens is 172 g/mol. The minimum absolute atomic E-state index is 0.446. The van der Waals surface area contributed by atoms with E-state index in [0.717, 1.165) is 13.0 Å². The summed E-state index contributed by atoms with van der Waals surface area (Å²) >= 11 is 0. The standard InChI is InChI=1S/C12H16N2/c1-11(7-9-14-10-8-13)12-5-3-2-4-6-12/h2-6,11,14H,7,9-10H2,1H3. The Morgan fingerprint density at radius 2 is 2.07 bits per heavy atom. The maximum absolute atomic E-state index is 8.34. The van der Waals surface area contributed by atoms with Gasteiger partial charge < -0.3 is 5.32 Å². The SMILES string of the molecule is CC(CCNCC#N)c1ccccc1. The molecule has 14 heavy (non-hydrogen) atoms. The van der Waals surface area contributed by atoms with E-state index in [9.17, 15) is 0 Å². The van der Waals surface area contributed by atoms with Crippen molar-refractivity contribution in [3.05, 3.63) is 35.9 Å². The van der Waals surface area contributed by atoms with Gasteiger partial charge in [0.1, 0.15) is 0 Å². The van der Waals surface area contributed by atoms with Crippen LogP contribution in [0, 0.1) is 11.3 Å². The van der Waals surface area contributed by atoms with Gasteiger partial charge in [-0.05, 0) is 24.4 Å². The minimum atomic E-state index is 0.446. The first-order valence-corrected chi connectivity index (χ1v) is 4.97. The van der Waals surface area contributed by atoms with Gasteiger partial charge >= 0.3 is 0 Å². The molecule has 1 atom stereocenters. The smallest absolute Gasteiger partial charge is 0.0840 e. The zero-order valence-corrected chi connectivity index (χ0v) is 8.53.